The highest BCUT2D eigenvalue weighted by Gasteiger charge is 2.18. The molecule has 4 heterocycles. The van der Waals surface area contributed by atoms with Crippen LogP contribution in [0, 0.1) is 0 Å². The summed E-state index contributed by atoms with van der Waals surface area (Å²) < 4.78 is 7.69. The third kappa shape index (κ3) is 4.46. The van der Waals surface area contributed by atoms with Gasteiger partial charge in [-0.1, -0.05) is 30.3 Å². The van der Waals surface area contributed by atoms with Crippen molar-refractivity contribution in [2.24, 2.45) is 0 Å². The second kappa shape index (κ2) is 8.74. The van der Waals surface area contributed by atoms with Gasteiger partial charge in [-0.15, -0.1) is 11.3 Å². The van der Waals surface area contributed by atoms with Crippen molar-refractivity contribution in [3.8, 4) is 11.1 Å². The van der Waals surface area contributed by atoms with Crippen LogP contribution in [-0.2, 0) is 17.8 Å². The third-order valence-corrected chi connectivity index (χ3v) is 6.21. The third-order valence-electron chi connectivity index (χ3n) is 5.33. The van der Waals surface area contributed by atoms with Gasteiger partial charge in [0, 0.05) is 23.7 Å². The van der Waals surface area contributed by atoms with E-state index in [0.717, 1.165) is 64.7 Å². The summed E-state index contributed by atoms with van der Waals surface area (Å²) in [6, 6.07) is 10.4. The summed E-state index contributed by atoms with van der Waals surface area (Å²) in [4.78, 5) is 12.8. The monoisotopic (exact) mass is 434 g/mol. The number of hydrogen-bond donors (Lipinski definition) is 1. The van der Waals surface area contributed by atoms with Crippen LogP contribution < -0.4 is 5.32 Å². The molecule has 1 fully saturated rings. The number of aromatic nitrogens is 4. The maximum absolute atomic E-state index is 5.74. The van der Waals surface area contributed by atoms with E-state index in [1.165, 1.54) is 0 Å². The molecule has 0 aliphatic carbocycles. The Morgan fingerprint density at radius 3 is 2.87 bits per heavy atom. The molecule has 1 saturated heterocycles. The van der Waals surface area contributed by atoms with Crippen LogP contribution in [-0.4, -0.2) is 51.5 Å². The number of anilines is 2. The molecule has 1 unspecified atom stereocenters. The van der Waals surface area contributed by atoms with E-state index in [4.69, 9.17) is 14.7 Å². The van der Waals surface area contributed by atoms with Gasteiger partial charge in [-0.3, -0.25) is 4.68 Å². The Morgan fingerprint density at radius 1 is 1.23 bits per heavy atom. The van der Waals surface area contributed by atoms with Crippen molar-refractivity contribution in [2.45, 2.75) is 32.0 Å². The molecule has 1 atom stereocenters. The Bertz CT molecular complexity index is 1160. The van der Waals surface area contributed by atoms with E-state index in [1.54, 1.807) is 11.3 Å². The summed E-state index contributed by atoms with van der Waals surface area (Å²) in [7, 11) is 4.05. The zero-order valence-electron chi connectivity index (χ0n) is 17.8. The zero-order chi connectivity index (χ0) is 21.2. The van der Waals surface area contributed by atoms with Gasteiger partial charge < -0.3 is 15.0 Å². The molecule has 0 radical (unpaired) electrons. The van der Waals surface area contributed by atoms with Crippen LogP contribution in [0.5, 0.6) is 0 Å². The maximum Gasteiger partial charge on any atom is 0.146 e. The van der Waals surface area contributed by atoms with Crippen molar-refractivity contribution in [1.29, 1.82) is 0 Å². The minimum atomic E-state index is 0.256. The summed E-state index contributed by atoms with van der Waals surface area (Å²) in [6.07, 6.45) is 6.36. The maximum atomic E-state index is 5.74. The second-order valence-corrected chi connectivity index (χ2v) is 8.99. The second-order valence-electron chi connectivity index (χ2n) is 8.13. The molecule has 1 aromatic carbocycles. The van der Waals surface area contributed by atoms with Gasteiger partial charge in [-0.2, -0.15) is 5.10 Å². The highest BCUT2D eigenvalue weighted by Crippen LogP contribution is 2.38. The molecule has 1 aliphatic rings. The fourth-order valence-electron chi connectivity index (χ4n) is 3.92. The molecular weight excluding hydrogens is 408 g/mol. The summed E-state index contributed by atoms with van der Waals surface area (Å²) in [6.45, 7) is 2.31. The largest absolute Gasteiger partial charge is 0.376 e. The van der Waals surface area contributed by atoms with Crippen molar-refractivity contribution in [3.63, 3.8) is 0 Å². The van der Waals surface area contributed by atoms with Crippen molar-refractivity contribution in [3.05, 3.63) is 53.9 Å². The summed E-state index contributed by atoms with van der Waals surface area (Å²) in [5.41, 5.74) is 3.22. The highest BCUT2D eigenvalue weighted by atomic mass is 32.1. The zero-order valence-corrected chi connectivity index (χ0v) is 18.6. The number of ether oxygens (including phenoxy) is 1. The van der Waals surface area contributed by atoms with Crippen molar-refractivity contribution < 1.29 is 4.74 Å². The molecule has 0 spiro atoms. The number of nitrogens with zero attached hydrogens (tertiary/aromatic N) is 5. The van der Waals surface area contributed by atoms with Crippen LogP contribution in [0.25, 0.3) is 21.3 Å². The van der Waals surface area contributed by atoms with Gasteiger partial charge in [-0.05, 0) is 32.5 Å². The number of benzene rings is 1. The number of hydrogen-bond acceptors (Lipinski definition) is 7. The molecule has 8 heteroatoms. The Labute approximate surface area is 185 Å². The van der Waals surface area contributed by atoms with Crippen LogP contribution in [0.3, 0.4) is 0 Å². The molecule has 0 bridgehead atoms. The fraction of sp³-hybridized carbons (Fsp3) is 0.348. The van der Waals surface area contributed by atoms with E-state index in [9.17, 15) is 0 Å². The van der Waals surface area contributed by atoms with E-state index in [-0.39, 0.29) is 6.10 Å². The Hall–Kier alpha value is -2.81. The average Bonchev–Trinajstić information content (AvgIpc) is 3.50. The van der Waals surface area contributed by atoms with E-state index in [1.807, 2.05) is 37.2 Å². The fourth-order valence-corrected chi connectivity index (χ4v) is 4.89. The predicted molar refractivity (Wildman–Crippen MR) is 125 cm³/mol. The first kappa shape index (κ1) is 20.1. The molecule has 3 aromatic heterocycles. The molecule has 4 aromatic rings. The van der Waals surface area contributed by atoms with E-state index < -0.39 is 0 Å². The van der Waals surface area contributed by atoms with E-state index in [2.05, 4.69) is 45.0 Å². The summed E-state index contributed by atoms with van der Waals surface area (Å²) >= 11 is 1.65. The van der Waals surface area contributed by atoms with Crippen molar-refractivity contribution in [2.75, 3.05) is 26.0 Å². The quantitative estimate of drug-likeness (QED) is 0.461. The molecule has 0 saturated carbocycles. The molecule has 1 N–H and O–H groups in total. The van der Waals surface area contributed by atoms with Crippen LogP contribution in [0.15, 0.2) is 48.1 Å². The van der Waals surface area contributed by atoms with E-state index in [0.29, 0.717) is 6.54 Å². The lowest BCUT2D eigenvalue weighted by Gasteiger charge is -2.12. The molecule has 5 rings (SSSR count). The number of rotatable bonds is 7. The van der Waals surface area contributed by atoms with Crippen LogP contribution in [0.1, 0.15) is 18.7 Å². The summed E-state index contributed by atoms with van der Waals surface area (Å²) in [5, 5.41) is 11.2. The molecule has 7 nitrogen and oxygen atoms in total. The molecule has 160 valence electrons. The first-order valence-corrected chi connectivity index (χ1v) is 11.4. The minimum Gasteiger partial charge on any atom is -0.376 e. The average molecular weight is 435 g/mol. The molecule has 31 heavy (non-hydrogen) atoms. The first-order valence-electron chi connectivity index (χ1n) is 10.5. The Kier molecular flexibility index (Phi) is 5.67. The van der Waals surface area contributed by atoms with Crippen molar-refractivity contribution in [1.82, 2.24) is 24.6 Å². The molecule has 1 aliphatic heterocycles. The molecule has 0 amide bonds. The Morgan fingerprint density at radius 2 is 2.10 bits per heavy atom. The number of thiophene rings is 1. The van der Waals surface area contributed by atoms with Gasteiger partial charge in [0.1, 0.15) is 16.5 Å². The van der Waals surface area contributed by atoms with Gasteiger partial charge in [-0.25, -0.2) is 9.97 Å². The highest BCUT2D eigenvalue weighted by molar-refractivity contribution is 7.17. The van der Waals surface area contributed by atoms with Crippen molar-refractivity contribution >= 4 is 33.1 Å². The van der Waals surface area contributed by atoms with E-state index >= 15 is 0 Å². The van der Waals surface area contributed by atoms with Gasteiger partial charge in [0.05, 0.1) is 36.5 Å². The van der Waals surface area contributed by atoms with Crippen LogP contribution in [0.4, 0.5) is 11.5 Å². The normalized spacial score (nSPS) is 16.4. The summed E-state index contributed by atoms with van der Waals surface area (Å²) in [5.74, 6) is 1.62. The SMILES string of the molecule is CN(C)Cc1nc(Nc2cnn(CC3CCCO3)c2)c2c(-c3ccccc3)csc2n1. The first-order chi connectivity index (χ1) is 15.2. The minimum absolute atomic E-state index is 0.256. The predicted octanol–water partition coefficient (Wildman–Crippen LogP) is 4.54. The van der Waals surface area contributed by atoms with Gasteiger partial charge in [0.25, 0.3) is 0 Å². The van der Waals surface area contributed by atoms with Gasteiger partial charge in [0.15, 0.2) is 0 Å². The standard InChI is InChI=1S/C23H26N6OS/c1-28(2)14-20-26-22(25-17-11-24-29(12-17)13-18-9-6-10-30-18)21-19(15-31-23(21)27-20)16-7-4-3-5-8-16/h3-5,7-8,11-12,15,18H,6,9-10,13-14H2,1-2H3,(H,25,26,27). The number of nitrogens with one attached hydrogen (secondary N) is 1. The number of fused-ring (bicyclic) bond motifs is 1. The lowest BCUT2D eigenvalue weighted by Crippen LogP contribution is -2.15. The van der Waals surface area contributed by atoms with Gasteiger partial charge in [0.2, 0.25) is 0 Å². The van der Waals surface area contributed by atoms with Gasteiger partial charge >= 0.3 is 0 Å². The van der Waals surface area contributed by atoms with Crippen LogP contribution in [0.2, 0.25) is 0 Å². The smallest absolute Gasteiger partial charge is 0.146 e. The molecular formula is C23H26N6OS. The lowest BCUT2D eigenvalue weighted by molar-refractivity contribution is 0.0940. The van der Waals surface area contributed by atoms with Crippen LogP contribution >= 0.6 is 11.3 Å². The lowest BCUT2D eigenvalue weighted by atomic mass is 10.1. The topological polar surface area (TPSA) is 68.1 Å². The Balaban J connectivity index is 1.51.